The maximum Gasteiger partial charge on any atom is -1.00 e. The molecule has 1 unspecified atom stereocenters. The zero-order valence-corrected chi connectivity index (χ0v) is 30.5. The van der Waals surface area contributed by atoms with E-state index in [0.717, 1.165) is 6.42 Å². The minimum absolute atomic E-state index is 0. The number of hydrogen-bond acceptors (Lipinski definition) is 1. The molecule has 6 rings (SSSR count). The van der Waals surface area contributed by atoms with Crippen LogP contribution in [0.25, 0.3) is 16.7 Å². The normalized spacial score (nSPS) is 17.9. The van der Waals surface area contributed by atoms with Gasteiger partial charge in [-0.15, -0.1) is 0 Å². The largest absolute Gasteiger partial charge is 1.00 e. The van der Waals surface area contributed by atoms with Crippen LogP contribution in [0.1, 0.15) is 108 Å². The first kappa shape index (κ1) is 32.9. The molecule has 0 spiro atoms. The molecule has 41 heavy (non-hydrogen) atoms. The van der Waals surface area contributed by atoms with Crippen molar-refractivity contribution < 1.29 is 46.1 Å². The van der Waals surface area contributed by atoms with Gasteiger partial charge in [0, 0.05) is 0 Å². The SMILES string of the molecule is CC1C=CC(c2ccsc2)=[C]1[Zr+2](=[C]1CCCCC1)[c]1cc(C(C)(C)C)cc2c1Cc1ccc(C(C)(C)C)cc1-2.[Cl-].[Cl-]. The van der Waals surface area contributed by atoms with E-state index in [1.54, 1.807) is 20.0 Å². The van der Waals surface area contributed by atoms with Crippen LogP contribution < -0.4 is 28.1 Å². The Kier molecular flexibility index (Phi) is 10.0. The first-order valence-corrected chi connectivity index (χ1v) is 19.6. The van der Waals surface area contributed by atoms with Gasteiger partial charge in [-0.3, -0.25) is 0 Å². The molecule has 1 atom stereocenters. The average Bonchev–Trinajstić information content (AvgIpc) is 3.63. The Bertz CT molecular complexity index is 1520. The van der Waals surface area contributed by atoms with Crippen LogP contribution in [-0.4, -0.2) is 3.21 Å². The zero-order chi connectivity index (χ0) is 27.5. The maximum atomic E-state index is 2.72. The first-order chi connectivity index (χ1) is 18.5. The fraction of sp³-hybridized carbons (Fsp3) is 0.432. The Labute approximate surface area is 272 Å². The fourth-order valence-corrected chi connectivity index (χ4v) is 16.8. The second kappa shape index (κ2) is 12.5. The summed E-state index contributed by atoms with van der Waals surface area (Å²) in [7, 11) is 0. The predicted molar refractivity (Wildman–Crippen MR) is 169 cm³/mol. The molecular weight excluding hydrogens is 639 g/mol. The number of fused-ring (bicyclic) bond motifs is 3. The van der Waals surface area contributed by atoms with Gasteiger partial charge in [-0.2, -0.15) is 0 Å². The summed E-state index contributed by atoms with van der Waals surface area (Å²) < 4.78 is 5.61. The Morgan fingerprint density at radius 2 is 1.49 bits per heavy atom. The van der Waals surface area contributed by atoms with Gasteiger partial charge in [0.05, 0.1) is 0 Å². The fourth-order valence-electron chi connectivity index (χ4n) is 6.86. The third-order valence-electron chi connectivity index (χ3n) is 9.23. The Balaban J connectivity index is 0.00000194. The third-order valence-corrected chi connectivity index (χ3v) is 18.4. The van der Waals surface area contributed by atoms with Crippen molar-refractivity contribution in [1.29, 1.82) is 0 Å². The van der Waals surface area contributed by atoms with Gasteiger partial charge in [0.25, 0.3) is 0 Å². The molecule has 0 amide bonds. The number of thiophene rings is 1. The second-order valence-electron chi connectivity index (χ2n) is 14.1. The number of benzene rings is 2. The van der Waals surface area contributed by atoms with Crippen molar-refractivity contribution >= 4 is 23.4 Å². The van der Waals surface area contributed by atoms with Crippen LogP contribution in [0, 0.1) is 5.92 Å². The molecule has 1 heterocycles. The average molecular weight is 683 g/mol. The van der Waals surface area contributed by atoms with Gasteiger partial charge >= 0.3 is 250 Å². The summed E-state index contributed by atoms with van der Waals surface area (Å²) in [6.45, 7) is 16.7. The smallest absolute Gasteiger partial charge is 1.00 e. The van der Waals surface area contributed by atoms with E-state index in [1.807, 2.05) is 17.8 Å². The van der Waals surface area contributed by atoms with E-state index in [9.17, 15) is 0 Å². The van der Waals surface area contributed by atoms with Gasteiger partial charge in [0.15, 0.2) is 0 Å². The number of hydrogen-bond donors (Lipinski definition) is 0. The maximum absolute atomic E-state index is 2.72. The Hall–Kier alpha value is -1.05. The molecule has 216 valence electrons. The van der Waals surface area contributed by atoms with Gasteiger partial charge < -0.3 is 24.8 Å². The van der Waals surface area contributed by atoms with Crippen LogP contribution in [-0.2, 0) is 38.5 Å². The predicted octanol–water partition coefficient (Wildman–Crippen LogP) is 3.92. The summed E-state index contributed by atoms with van der Waals surface area (Å²) in [5.41, 5.74) is 12.5. The molecular formula is C37H44Cl2SZr. The van der Waals surface area contributed by atoms with E-state index < -0.39 is 21.3 Å². The van der Waals surface area contributed by atoms with Crippen molar-refractivity contribution in [1.82, 2.24) is 0 Å². The standard InChI is InChI=1S/C21H25.C10H9S.C6H10.2ClH.Zr/c1-20(2,3)16-9-7-14-11-15-8-10-17(21(4,5)6)13-19(15)18(14)12-16;1-8-2-3-9(6-8)10-4-5-11-7-10;1-2-4-6-5-3-1;;;/h7,9-10,12-13H,11H2,1-6H3;2-5,7-8H,1H3;1-5H2;2*1H;/q;;;;;+2/p-2. The van der Waals surface area contributed by atoms with Crippen LogP contribution in [0.15, 0.2) is 62.6 Å². The van der Waals surface area contributed by atoms with E-state index in [2.05, 4.69) is 108 Å². The molecule has 0 N–H and O–H groups in total. The molecule has 1 fully saturated rings. The van der Waals surface area contributed by atoms with Gasteiger partial charge in [-0.1, -0.05) is 0 Å². The molecule has 3 aliphatic carbocycles. The second-order valence-corrected chi connectivity index (χ2v) is 21.1. The van der Waals surface area contributed by atoms with E-state index in [1.165, 1.54) is 59.9 Å². The van der Waals surface area contributed by atoms with Crippen LogP contribution in [0.5, 0.6) is 0 Å². The summed E-state index contributed by atoms with van der Waals surface area (Å²) in [5, 5.41) is 4.64. The van der Waals surface area contributed by atoms with Crippen molar-refractivity contribution in [3.8, 4) is 11.1 Å². The summed E-state index contributed by atoms with van der Waals surface area (Å²) in [4.78, 5) is 0. The van der Waals surface area contributed by atoms with Crippen LogP contribution in [0.3, 0.4) is 0 Å². The molecule has 1 saturated carbocycles. The molecule has 1 aromatic heterocycles. The van der Waals surface area contributed by atoms with Crippen LogP contribution in [0.4, 0.5) is 0 Å². The molecule has 3 aliphatic rings. The quantitative estimate of drug-likeness (QED) is 0.308. The summed E-state index contributed by atoms with van der Waals surface area (Å²) in [6, 6.07) is 15.0. The van der Waals surface area contributed by atoms with Crippen molar-refractivity contribution in [2.24, 2.45) is 5.92 Å². The topological polar surface area (TPSA) is 0 Å². The molecule has 0 bridgehead atoms. The Morgan fingerprint density at radius 1 is 0.805 bits per heavy atom. The summed E-state index contributed by atoms with van der Waals surface area (Å²) >= 11 is -0.549. The molecule has 4 heteroatoms. The number of rotatable bonds is 3. The van der Waals surface area contributed by atoms with E-state index in [0.29, 0.717) is 5.92 Å². The van der Waals surface area contributed by atoms with Crippen molar-refractivity contribution in [2.45, 2.75) is 97.8 Å². The molecule has 0 nitrogen and oxygen atoms in total. The van der Waals surface area contributed by atoms with E-state index >= 15 is 0 Å². The van der Waals surface area contributed by atoms with E-state index in [-0.39, 0.29) is 35.6 Å². The van der Waals surface area contributed by atoms with Crippen molar-refractivity contribution in [3.63, 3.8) is 0 Å². The van der Waals surface area contributed by atoms with Crippen LogP contribution in [0.2, 0.25) is 0 Å². The van der Waals surface area contributed by atoms with Crippen LogP contribution >= 0.6 is 11.3 Å². The number of allylic oxidation sites excluding steroid dienone is 4. The van der Waals surface area contributed by atoms with Crippen molar-refractivity contribution in [2.75, 3.05) is 0 Å². The molecule has 0 aliphatic heterocycles. The van der Waals surface area contributed by atoms with Gasteiger partial charge in [0.1, 0.15) is 0 Å². The Morgan fingerprint density at radius 3 is 2.12 bits per heavy atom. The van der Waals surface area contributed by atoms with Gasteiger partial charge in [-0.05, 0) is 0 Å². The minimum Gasteiger partial charge on any atom is -1.00 e. The molecule has 3 aromatic rings. The molecule has 0 saturated heterocycles. The molecule has 2 aromatic carbocycles. The third kappa shape index (κ3) is 6.29. The van der Waals surface area contributed by atoms with Gasteiger partial charge in [0.2, 0.25) is 0 Å². The van der Waals surface area contributed by atoms with Gasteiger partial charge in [-0.25, -0.2) is 0 Å². The number of halogens is 2. The first-order valence-electron chi connectivity index (χ1n) is 15.0. The summed E-state index contributed by atoms with van der Waals surface area (Å²) in [5.74, 6) is 0.550. The van der Waals surface area contributed by atoms with Crippen molar-refractivity contribution in [3.05, 3.63) is 90.4 Å². The monoisotopic (exact) mass is 680 g/mol. The van der Waals surface area contributed by atoms with E-state index in [4.69, 9.17) is 0 Å². The minimum atomic E-state index is -2.39. The summed E-state index contributed by atoms with van der Waals surface area (Å²) in [6.07, 6.45) is 13.0. The molecule has 0 radical (unpaired) electrons. The zero-order valence-electron chi connectivity index (χ0n) is 25.8.